The Labute approximate surface area is 120 Å². The summed E-state index contributed by atoms with van der Waals surface area (Å²) in [5.74, 6) is 0.291. The largest absolute Gasteiger partial charge is 0.392 e. The molecule has 0 amide bonds. The summed E-state index contributed by atoms with van der Waals surface area (Å²) < 4.78 is 0. The van der Waals surface area contributed by atoms with Gasteiger partial charge in [0, 0.05) is 24.7 Å². The van der Waals surface area contributed by atoms with Crippen LogP contribution in [0.3, 0.4) is 0 Å². The quantitative estimate of drug-likeness (QED) is 0.567. The highest BCUT2D eigenvalue weighted by molar-refractivity contribution is 5.35. The molecule has 0 aliphatic carbocycles. The van der Waals surface area contributed by atoms with Gasteiger partial charge in [-0.1, -0.05) is 38.8 Å². The van der Waals surface area contributed by atoms with Crippen molar-refractivity contribution in [2.75, 3.05) is 6.54 Å². The van der Waals surface area contributed by atoms with E-state index >= 15 is 0 Å². The van der Waals surface area contributed by atoms with Crippen molar-refractivity contribution in [1.82, 2.24) is 5.32 Å². The smallest absolute Gasteiger partial charge is 0.269 e. The molecule has 5 nitrogen and oxygen atoms in total. The molecule has 0 heterocycles. The number of hydrogen-bond acceptors (Lipinski definition) is 4. The Hall–Kier alpha value is -1.46. The second-order valence-electron chi connectivity index (χ2n) is 5.13. The van der Waals surface area contributed by atoms with E-state index < -0.39 is 4.92 Å². The number of nitrogens with one attached hydrogen (secondary N) is 1. The molecule has 0 aromatic heterocycles. The van der Waals surface area contributed by atoms with Gasteiger partial charge in [0.15, 0.2) is 0 Å². The van der Waals surface area contributed by atoms with Crippen LogP contribution in [0.15, 0.2) is 24.3 Å². The molecule has 1 aromatic carbocycles. The van der Waals surface area contributed by atoms with Crippen molar-refractivity contribution in [3.63, 3.8) is 0 Å². The van der Waals surface area contributed by atoms with E-state index in [1.165, 1.54) is 6.07 Å². The molecule has 1 aromatic rings. The molecule has 5 heteroatoms. The first-order valence-corrected chi connectivity index (χ1v) is 7.15. The number of nitrogens with zero attached hydrogens (tertiary/aromatic N) is 1. The Balaban J connectivity index is 2.60. The van der Waals surface area contributed by atoms with Gasteiger partial charge < -0.3 is 10.4 Å². The van der Waals surface area contributed by atoms with E-state index in [9.17, 15) is 15.2 Å². The number of aliphatic hydroxyl groups is 1. The Morgan fingerprint density at radius 1 is 1.35 bits per heavy atom. The minimum Gasteiger partial charge on any atom is -0.392 e. The predicted octanol–water partition coefficient (Wildman–Crippen LogP) is 3.04. The fourth-order valence-electron chi connectivity index (χ4n) is 2.32. The van der Waals surface area contributed by atoms with Crippen LogP contribution in [0.4, 0.5) is 5.69 Å². The van der Waals surface area contributed by atoms with Crippen molar-refractivity contribution < 1.29 is 10.0 Å². The van der Waals surface area contributed by atoms with Crippen LogP contribution in [0.1, 0.15) is 45.2 Å². The molecule has 112 valence electrons. The van der Waals surface area contributed by atoms with E-state index in [4.69, 9.17) is 0 Å². The van der Waals surface area contributed by atoms with E-state index in [1.54, 1.807) is 12.1 Å². The molecular formula is C15H24N2O3. The summed E-state index contributed by atoms with van der Waals surface area (Å²) in [5.41, 5.74) is 0.952. The van der Waals surface area contributed by atoms with Gasteiger partial charge in [-0.2, -0.15) is 0 Å². The number of non-ortho nitro benzene ring substituents is 1. The highest BCUT2D eigenvalue weighted by Crippen LogP contribution is 2.19. The summed E-state index contributed by atoms with van der Waals surface area (Å²) in [4.78, 5) is 10.4. The third-order valence-corrected chi connectivity index (χ3v) is 3.81. The summed E-state index contributed by atoms with van der Waals surface area (Å²) in [6, 6.07) is 6.56. The Morgan fingerprint density at radius 2 is 2.00 bits per heavy atom. The first kappa shape index (κ1) is 16.6. The van der Waals surface area contributed by atoms with E-state index in [0.29, 0.717) is 12.5 Å². The van der Waals surface area contributed by atoms with Gasteiger partial charge in [0.1, 0.15) is 0 Å². The van der Waals surface area contributed by atoms with E-state index in [-0.39, 0.29) is 17.8 Å². The highest BCUT2D eigenvalue weighted by Gasteiger charge is 2.17. The van der Waals surface area contributed by atoms with Crippen molar-refractivity contribution in [3.8, 4) is 0 Å². The van der Waals surface area contributed by atoms with Gasteiger partial charge in [0.05, 0.1) is 11.0 Å². The molecule has 0 saturated carbocycles. The molecule has 0 aliphatic rings. The van der Waals surface area contributed by atoms with Gasteiger partial charge in [-0.15, -0.1) is 0 Å². The van der Waals surface area contributed by atoms with Gasteiger partial charge >= 0.3 is 0 Å². The van der Waals surface area contributed by atoms with Crippen LogP contribution < -0.4 is 5.32 Å². The molecule has 2 unspecified atom stereocenters. The van der Waals surface area contributed by atoms with Crippen LogP contribution in [-0.2, 0) is 0 Å². The molecular weight excluding hydrogens is 256 g/mol. The van der Waals surface area contributed by atoms with Crippen molar-refractivity contribution in [3.05, 3.63) is 39.9 Å². The summed E-state index contributed by atoms with van der Waals surface area (Å²) in [7, 11) is 0. The maximum absolute atomic E-state index is 10.8. The maximum Gasteiger partial charge on any atom is 0.269 e. The number of benzene rings is 1. The van der Waals surface area contributed by atoms with Gasteiger partial charge in [-0.3, -0.25) is 10.1 Å². The maximum atomic E-state index is 10.8. The van der Waals surface area contributed by atoms with Crippen LogP contribution in [0, 0.1) is 16.0 Å². The first-order valence-electron chi connectivity index (χ1n) is 7.15. The Morgan fingerprint density at radius 3 is 2.55 bits per heavy atom. The lowest BCUT2D eigenvalue weighted by molar-refractivity contribution is -0.384. The van der Waals surface area contributed by atoms with Gasteiger partial charge in [-0.25, -0.2) is 0 Å². The lowest BCUT2D eigenvalue weighted by Gasteiger charge is -2.23. The lowest BCUT2D eigenvalue weighted by Crippen LogP contribution is -2.33. The monoisotopic (exact) mass is 280 g/mol. The Kier molecular flexibility index (Phi) is 6.61. The van der Waals surface area contributed by atoms with Gasteiger partial charge in [0.2, 0.25) is 0 Å². The summed E-state index contributed by atoms with van der Waals surface area (Å²) >= 11 is 0. The van der Waals surface area contributed by atoms with Gasteiger partial charge in [-0.05, 0) is 18.4 Å². The zero-order chi connectivity index (χ0) is 15.1. The van der Waals surface area contributed by atoms with Crippen molar-refractivity contribution in [2.45, 2.75) is 45.8 Å². The van der Waals surface area contributed by atoms with E-state index in [1.807, 2.05) is 13.0 Å². The van der Waals surface area contributed by atoms with Crippen LogP contribution >= 0.6 is 0 Å². The molecule has 0 radical (unpaired) electrons. The molecule has 0 aliphatic heterocycles. The summed E-state index contributed by atoms with van der Waals surface area (Å²) in [6.07, 6.45) is 1.51. The van der Waals surface area contributed by atoms with Crippen LogP contribution in [0.25, 0.3) is 0 Å². The number of nitro groups is 1. The third kappa shape index (κ3) is 4.58. The van der Waals surface area contributed by atoms with Crippen molar-refractivity contribution >= 4 is 5.69 Å². The molecule has 0 bridgehead atoms. The van der Waals surface area contributed by atoms with Crippen molar-refractivity contribution in [1.29, 1.82) is 0 Å². The SMILES string of the molecule is CCC(CC)C(O)CNC(C)c1cccc([N+](=O)[O-])c1. The predicted molar refractivity (Wildman–Crippen MR) is 79.6 cm³/mol. The summed E-state index contributed by atoms with van der Waals surface area (Å²) in [6.45, 7) is 6.58. The number of rotatable bonds is 8. The topological polar surface area (TPSA) is 75.4 Å². The van der Waals surface area contributed by atoms with E-state index in [0.717, 1.165) is 18.4 Å². The van der Waals surface area contributed by atoms with Crippen LogP contribution in [0.5, 0.6) is 0 Å². The molecule has 20 heavy (non-hydrogen) atoms. The van der Waals surface area contributed by atoms with Crippen LogP contribution in [0.2, 0.25) is 0 Å². The molecule has 2 atom stereocenters. The minimum atomic E-state index is -0.394. The van der Waals surface area contributed by atoms with Gasteiger partial charge in [0.25, 0.3) is 5.69 Å². The normalized spacial score (nSPS) is 14.2. The number of nitro benzene ring substituents is 1. The number of aliphatic hydroxyl groups excluding tert-OH is 1. The molecule has 1 rings (SSSR count). The summed E-state index contributed by atoms with van der Waals surface area (Å²) in [5, 5.41) is 24.1. The standard InChI is InChI=1S/C15H24N2O3/c1-4-12(5-2)15(18)10-16-11(3)13-7-6-8-14(9-13)17(19)20/h6-9,11-12,15-16,18H,4-5,10H2,1-3H3. The zero-order valence-corrected chi connectivity index (χ0v) is 12.4. The molecule has 2 N–H and O–H groups in total. The van der Waals surface area contributed by atoms with Crippen LogP contribution in [-0.4, -0.2) is 22.7 Å². The lowest BCUT2D eigenvalue weighted by atomic mass is 9.96. The average Bonchev–Trinajstić information content (AvgIpc) is 2.46. The fourth-order valence-corrected chi connectivity index (χ4v) is 2.32. The van der Waals surface area contributed by atoms with Crippen molar-refractivity contribution in [2.24, 2.45) is 5.92 Å². The minimum absolute atomic E-state index is 0.0288. The molecule has 0 spiro atoms. The van der Waals surface area contributed by atoms with E-state index in [2.05, 4.69) is 19.2 Å². The zero-order valence-electron chi connectivity index (χ0n) is 12.4. The first-order chi connectivity index (χ1) is 9.49. The second kappa shape index (κ2) is 7.97. The fraction of sp³-hybridized carbons (Fsp3) is 0.600. The molecule has 0 fully saturated rings. The Bertz CT molecular complexity index is 433. The third-order valence-electron chi connectivity index (χ3n) is 3.81. The second-order valence-corrected chi connectivity index (χ2v) is 5.13. The number of hydrogen-bond donors (Lipinski definition) is 2. The molecule has 0 saturated heterocycles. The highest BCUT2D eigenvalue weighted by atomic mass is 16.6. The average molecular weight is 280 g/mol.